The maximum atomic E-state index is 13.0. The smallest absolute Gasteiger partial charge is 0.278 e. The molecule has 0 saturated carbocycles. The van der Waals surface area contributed by atoms with Gasteiger partial charge in [0.2, 0.25) is 5.91 Å². The Kier molecular flexibility index (Phi) is 7.35. The van der Waals surface area contributed by atoms with E-state index in [2.05, 4.69) is 10.3 Å². The van der Waals surface area contributed by atoms with E-state index in [0.717, 1.165) is 17.7 Å². The minimum absolute atomic E-state index is 0.0879. The lowest BCUT2D eigenvalue weighted by molar-refractivity contribution is -0.123. The van der Waals surface area contributed by atoms with Gasteiger partial charge < -0.3 is 14.5 Å². The summed E-state index contributed by atoms with van der Waals surface area (Å²) in [7, 11) is 1.60. The second-order valence-electron chi connectivity index (χ2n) is 6.83. The Hall–Kier alpha value is -3.00. The van der Waals surface area contributed by atoms with E-state index >= 15 is 0 Å². The maximum Gasteiger partial charge on any atom is 0.278 e. The number of aliphatic imine (C=N–C) groups is 1. The number of amides is 2. The third-order valence-electron chi connectivity index (χ3n) is 4.58. The van der Waals surface area contributed by atoms with Gasteiger partial charge in [0.15, 0.2) is 5.17 Å². The summed E-state index contributed by atoms with van der Waals surface area (Å²) in [5.41, 5.74) is 1.15. The number of carbonyl (C=O) groups is 2. The Balaban J connectivity index is 1.78. The summed E-state index contributed by atoms with van der Waals surface area (Å²) < 4.78 is 10.6. The predicted molar refractivity (Wildman–Crippen MR) is 118 cm³/mol. The van der Waals surface area contributed by atoms with Crippen LogP contribution < -0.4 is 10.1 Å². The fourth-order valence-corrected chi connectivity index (χ4v) is 3.55. The van der Waals surface area contributed by atoms with E-state index in [9.17, 15) is 9.59 Å². The van der Waals surface area contributed by atoms with Gasteiger partial charge in [0.25, 0.3) is 5.91 Å². The highest BCUT2D eigenvalue weighted by atomic mass is 32.2. The molecule has 0 aliphatic carbocycles. The Morgan fingerprint density at radius 1 is 1.33 bits per heavy atom. The molecule has 2 aromatic rings. The molecule has 0 bridgehead atoms. The van der Waals surface area contributed by atoms with Crippen LogP contribution in [0.1, 0.15) is 31.6 Å². The minimum Gasteiger partial charge on any atom is -0.497 e. The van der Waals surface area contributed by atoms with Crippen LogP contribution in [0.15, 0.2) is 57.8 Å². The summed E-state index contributed by atoms with van der Waals surface area (Å²) in [5, 5.41) is 3.41. The molecule has 1 atom stereocenters. The molecule has 0 radical (unpaired) electrons. The predicted octanol–water partition coefficient (Wildman–Crippen LogP) is 3.68. The van der Waals surface area contributed by atoms with E-state index < -0.39 is 0 Å². The lowest BCUT2D eigenvalue weighted by atomic mass is 10.2. The number of thioether (sulfide) groups is 1. The van der Waals surface area contributed by atoms with Crippen molar-refractivity contribution in [2.45, 2.75) is 32.9 Å². The third-order valence-corrected chi connectivity index (χ3v) is 5.55. The Morgan fingerprint density at radius 3 is 2.73 bits per heavy atom. The summed E-state index contributed by atoms with van der Waals surface area (Å²) in [4.78, 5) is 31.2. The van der Waals surface area contributed by atoms with Gasteiger partial charge >= 0.3 is 0 Å². The van der Waals surface area contributed by atoms with Crippen molar-refractivity contribution in [2.75, 3.05) is 12.9 Å². The van der Waals surface area contributed by atoms with E-state index in [1.54, 1.807) is 31.6 Å². The first kappa shape index (κ1) is 21.7. The molecular weight excluding hydrogens is 402 g/mol. The van der Waals surface area contributed by atoms with Crippen LogP contribution in [0.25, 0.3) is 6.08 Å². The van der Waals surface area contributed by atoms with Crippen molar-refractivity contribution in [3.05, 3.63) is 59.7 Å². The van der Waals surface area contributed by atoms with Gasteiger partial charge in [-0.15, -0.1) is 0 Å². The first-order valence-electron chi connectivity index (χ1n) is 9.71. The lowest BCUT2D eigenvalue weighted by Gasteiger charge is -2.16. The standard InChI is InChI=1S/C22H25N3O4S/c1-4-15(2)23-20(26)14-30-22-24-19(12-16-7-9-17(28-3)10-8-16)21(27)25(22)13-18-6-5-11-29-18/h5-12,15H,4,13-14H2,1-3H3,(H,23,26)/b19-12+/t15-/m1/s1. The van der Waals surface area contributed by atoms with Gasteiger partial charge in [0, 0.05) is 6.04 Å². The highest BCUT2D eigenvalue weighted by Gasteiger charge is 2.31. The number of amidine groups is 1. The molecule has 1 N–H and O–H groups in total. The average molecular weight is 428 g/mol. The van der Waals surface area contributed by atoms with Crippen LogP contribution in [-0.2, 0) is 16.1 Å². The third kappa shape index (κ3) is 5.54. The molecular formula is C22H25N3O4S. The SMILES string of the molecule is CC[C@@H](C)NC(=O)CSC1=N/C(=C/c2ccc(OC)cc2)C(=O)N1Cc1ccco1. The molecule has 1 aromatic carbocycles. The lowest BCUT2D eigenvalue weighted by Crippen LogP contribution is -2.35. The van der Waals surface area contributed by atoms with Gasteiger partial charge in [0.1, 0.15) is 17.2 Å². The second-order valence-corrected chi connectivity index (χ2v) is 7.78. The van der Waals surface area contributed by atoms with Gasteiger partial charge in [-0.1, -0.05) is 30.8 Å². The second kappa shape index (κ2) is 10.2. The molecule has 0 fully saturated rings. The molecule has 30 heavy (non-hydrogen) atoms. The van der Waals surface area contributed by atoms with Crippen LogP contribution in [0.4, 0.5) is 0 Å². The molecule has 0 unspecified atom stereocenters. The number of furan rings is 1. The van der Waals surface area contributed by atoms with Gasteiger partial charge in [-0.05, 0) is 49.2 Å². The van der Waals surface area contributed by atoms with Crippen molar-refractivity contribution in [1.29, 1.82) is 0 Å². The topological polar surface area (TPSA) is 84.1 Å². The van der Waals surface area contributed by atoms with Crippen LogP contribution in [0, 0.1) is 0 Å². The maximum absolute atomic E-state index is 13.0. The molecule has 1 aromatic heterocycles. The summed E-state index contributed by atoms with van der Waals surface area (Å²) in [6.45, 7) is 4.22. The van der Waals surface area contributed by atoms with E-state index in [-0.39, 0.29) is 30.2 Å². The van der Waals surface area contributed by atoms with Crippen LogP contribution in [0.2, 0.25) is 0 Å². The fraction of sp³-hybridized carbons (Fsp3) is 0.318. The molecule has 1 aliphatic heterocycles. The van der Waals surface area contributed by atoms with Crippen LogP contribution in [0.3, 0.4) is 0 Å². The molecule has 0 saturated heterocycles. The molecule has 0 spiro atoms. The van der Waals surface area contributed by atoms with Crippen molar-refractivity contribution in [2.24, 2.45) is 4.99 Å². The summed E-state index contributed by atoms with van der Waals surface area (Å²) in [5.74, 6) is 1.25. The number of methoxy groups -OCH3 is 1. The first-order chi connectivity index (χ1) is 14.5. The Bertz CT molecular complexity index is 936. The number of hydrogen-bond acceptors (Lipinski definition) is 6. The summed E-state index contributed by atoms with van der Waals surface area (Å²) >= 11 is 1.24. The molecule has 2 heterocycles. The van der Waals surface area contributed by atoms with Crippen LogP contribution in [-0.4, -0.2) is 40.8 Å². The fourth-order valence-electron chi connectivity index (χ4n) is 2.75. The van der Waals surface area contributed by atoms with E-state index in [0.29, 0.717) is 16.6 Å². The molecule has 3 rings (SSSR count). The molecule has 1 aliphatic rings. The zero-order valence-corrected chi connectivity index (χ0v) is 18.1. The number of ether oxygens (including phenoxy) is 1. The summed E-state index contributed by atoms with van der Waals surface area (Å²) in [6, 6.07) is 11.0. The first-order valence-corrected chi connectivity index (χ1v) is 10.7. The van der Waals surface area contributed by atoms with Crippen molar-refractivity contribution in [3.63, 3.8) is 0 Å². The van der Waals surface area contributed by atoms with Gasteiger partial charge in [-0.25, -0.2) is 4.99 Å². The largest absolute Gasteiger partial charge is 0.497 e. The van der Waals surface area contributed by atoms with Gasteiger partial charge in [-0.2, -0.15) is 0 Å². The van der Waals surface area contributed by atoms with E-state index in [1.807, 2.05) is 38.1 Å². The Morgan fingerprint density at radius 2 is 2.10 bits per heavy atom. The average Bonchev–Trinajstić information content (AvgIpc) is 3.36. The zero-order chi connectivity index (χ0) is 21.5. The van der Waals surface area contributed by atoms with Crippen LogP contribution >= 0.6 is 11.8 Å². The number of nitrogens with zero attached hydrogens (tertiary/aromatic N) is 2. The van der Waals surface area contributed by atoms with Crippen molar-refractivity contribution < 1.29 is 18.7 Å². The van der Waals surface area contributed by atoms with Gasteiger partial charge in [0.05, 0.1) is 25.7 Å². The number of carbonyl (C=O) groups excluding carboxylic acids is 2. The van der Waals surface area contributed by atoms with Crippen LogP contribution in [0.5, 0.6) is 5.75 Å². The van der Waals surface area contributed by atoms with Crippen molar-refractivity contribution in [3.8, 4) is 5.75 Å². The number of rotatable bonds is 8. The summed E-state index contributed by atoms with van der Waals surface area (Å²) in [6.07, 6.45) is 4.15. The van der Waals surface area contributed by atoms with E-state index in [1.165, 1.54) is 16.7 Å². The zero-order valence-electron chi connectivity index (χ0n) is 17.3. The molecule has 7 nitrogen and oxygen atoms in total. The monoisotopic (exact) mass is 427 g/mol. The number of nitrogens with one attached hydrogen (secondary N) is 1. The molecule has 158 valence electrons. The normalized spacial score (nSPS) is 16.0. The number of benzene rings is 1. The number of hydrogen-bond donors (Lipinski definition) is 1. The minimum atomic E-state index is -0.230. The van der Waals surface area contributed by atoms with Gasteiger partial charge in [-0.3, -0.25) is 14.5 Å². The quantitative estimate of drug-likeness (QED) is 0.650. The molecule has 8 heteroatoms. The Labute approximate surface area is 180 Å². The van der Waals surface area contributed by atoms with Crippen molar-refractivity contribution >= 4 is 34.8 Å². The van der Waals surface area contributed by atoms with Crippen molar-refractivity contribution in [1.82, 2.24) is 10.2 Å². The molecule has 2 amide bonds. The van der Waals surface area contributed by atoms with E-state index in [4.69, 9.17) is 9.15 Å². The highest BCUT2D eigenvalue weighted by molar-refractivity contribution is 8.14. The highest BCUT2D eigenvalue weighted by Crippen LogP contribution is 2.26.